The minimum atomic E-state index is -0.369. The van der Waals surface area contributed by atoms with Crippen LogP contribution >= 0.6 is 11.3 Å². The Bertz CT molecular complexity index is 564. The van der Waals surface area contributed by atoms with E-state index in [1.807, 2.05) is 0 Å². The second-order valence-corrected chi connectivity index (χ2v) is 6.36. The summed E-state index contributed by atoms with van der Waals surface area (Å²) in [6, 6.07) is -0.121. The quantitative estimate of drug-likeness (QED) is 0.817. The molecule has 1 saturated heterocycles. The molecule has 0 radical (unpaired) electrons. The number of fused-ring (bicyclic) bond motifs is 1. The van der Waals surface area contributed by atoms with E-state index in [0.717, 1.165) is 55.9 Å². The van der Waals surface area contributed by atoms with E-state index in [2.05, 4.69) is 10.6 Å². The summed E-state index contributed by atoms with van der Waals surface area (Å²) in [7, 11) is 1.37. The van der Waals surface area contributed by atoms with Gasteiger partial charge in [-0.05, 0) is 31.4 Å². The van der Waals surface area contributed by atoms with E-state index < -0.39 is 0 Å². The van der Waals surface area contributed by atoms with E-state index in [1.165, 1.54) is 18.4 Å². The largest absolute Gasteiger partial charge is 0.465 e. The highest BCUT2D eigenvalue weighted by molar-refractivity contribution is 7.17. The molecule has 0 unspecified atom stereocenters. The van der Waals surface area contributed by atoms with Crippen LogP contribution in [0.5, 0.6) is 0 Å². The highest BCUT2D eigenvalue weighted by atomic mass is 32.1. The number of methoxy groups -OCH3 is 1. The summed E-state index contributed by atoms with van der Waals surface area (Å²) in [5.74, 6) is -0.369. The molecule has 6 nitrogen and oxygen atoms in total. The van der Waals surface area contributed by atoms with Crippen molar-refractivity contribution in [2.45, 2.75) is 25.8 Å². The SMILES string of the molecule is COC(=O)c1c(NC(=O)N2CCCC2)sc2c1CCNC2. The van der Waals surface area contributed by atoms with Gasteiger partial charge in [-0.25, -0.2) is 9.59 Å². The van der Waals surface area contributed by atoms with Crippen molar-refractivity contribution in [3.63, 3.8) is 0 Å². The molecule has 0 atom stereocenters. The van der Waals surface area contributed by atoms with E-state index in [1.54, 1.807) is 4.90 Å². The van der Waals surface area contributed by atoms with Gasteiger partial charge in [-0.15, -0.1) is 11.3 Å². The first kappa shape index (κ1) is 14.3. The lowest BCUT2D eigenvalue weighted by atomic mass is 10.0. The Hall–Kier alpha value is -1.60. The van der Waals surface area contributed by atoms with Gasteiger partial charge in [-0.1, -0.05) is 0 Å². The smallest absolute Gasteiger partial charge is 0.341 e. The number of nitrogens with zero attached hydrogens (tertiary/aromatic N) is 1. The molecule has 7 heteroatoms. The molecule has 0 spiro atoms. The number of likely N-dealkylation sites (tertiary alicyclic amines) is 1. The lowest BCUT2D eigenvalue weighted by molar-refractivity contribution is 0.0601. The number of carbonyl (C=O) groups excluding carboxylic acids is 2. The number of anilines is 1. The Morgan fingerprint density at radius 2 is 2.10 bits per heavy atom. The van der Waals surface area contributed by atoms with Crippen LogP contribution in [0.3, 0.4) is 0 Å². The van der Waals surface area contributed by atoms with Crippen molar-refractivity contribution in [3.8, 4) is 0 Å². The predicted octanol–water partition coefficient (Wildman–Crippen LogP) is 1.81. The Morgan fingerprint density at radius 1 is 1.33 bits per heavy atom. The number of carbonyl (C=O) groups is 2. The third-order valence-corrected chi connectivity index (χ3v) is 5.08. The number of thiophene rings is 1. The molecular formula is C14H19N3O3S. The Morgan fingerprint density at radius 3 is 2.81 bits per heavy atom. The number of esters is 1. The summed E-state index contributed by atoms with van der Waals surface area (Å²) in [4.78, 5) is 27.2. The third kappa shape index (κ3) is 2.75. The van der Waals surface area contributed by atoms with Crippen LogP contribution in [0.1, 0.15) is 33.6 Å². The number of rotatable bonds is 2. The van der Waals surface area contributed by atoms with E-state index in [9.17, 15) is 9.59 Å². The number of ether oxygens (including phenoxy) is 1. The highest BCUT2D eigenvalue weighted by Gasteiger charge is 2.28. The van der Waals surface area contributed by atoms with Crippen LogP contribution in [-0.4, -0.2) is 43.6 Å². The minimum Gasteiger partial charge on any atom is -0.465 e. The van der Waals surface area contributed by atoms with Crippen molar-refractivity contribution in [2.24, 2.45) is 0 Å². The minimum absolute atomic E-state index is 0.121. The van der Waals surface area contributed by atoms with Gasteiger partial charge in [0.1, 0.15) is 5.00 Å². The number of amides is 2. The topological polar surface area (TPSA) is 70.7 Å². The Kier molecular flexibility index (Phi) is 4.12. The van der Waals surface area contributed by atoms with E-state index in [4.69, 9.17) is 4.74 Å². The molecule has 21 heavy (non-hydrogen) atoms. The molecule has 114 valence electrons. The Labute approximate surface area is 127 Å². The number of urea groups is 1. The highest BCUT2D eigenvalue weighted by Crippen LogP contribution is 2.36. The summed E-state index contributed by atoms with van der Waals surface area (Å²) in [6.07, 6.45) is 2.88. The molecule has 2 aliphatic heterocycles. The van der Waals surface area contributed by atoms with Crippen LogP contribution in [0.25, 0.3) is 0 Å². The second kappa shape index (κ2) is 6.03. The summed E-state index contributed by atoms with van der Waals surface area (Å²) >= 11 is 1.47. The number of nitrogens with one attached hydrogen (secondary N) is 2. The molecule has 1 aromatic heterocycles. The molecule has 1 aromatic rings. The average Bonchev–Trinajstić information content (AvgIpc) is 3.13. The van der Waals surface area contributed by atoms with Gasteiger partial charge >= 0.3 is 12.0 Å². The van der Waals surface area contributed by atoms with Gasteiger partial charge in [0.05, 0.1) is 12.7 Å². The molecule has 0 bridgehead atoms. The fourth-order valence-electron chi connectivity index (χ4n) is 2.84. The summed E-state index contributed by atoms with van der Waals surface area (Å²) in [5, 5.41) is 6.80. The zero-order valence-corrected chi connectivity index (χ0v) is 12.8. The van der Waals surface area contributed by atoms with Crippen molar-refractivity contribution >= 4 is 28.3 Å². The summed E-state index contributed by atoms with van der Waals surface area (Å²) in [5.41, 5.74) is 1.55. The maximum atomic E-state index is 12.2. The van der Waals surface area contributed by atoms with E-state index >= 15 is 0 Å². The van der Waals surface area contributed by atoms with Crippen LogP contribution in [-0.2, 0) is 17.7 Å². The lowest BCUT2D eigenvalue weighted by Crippen LogP contribution is -2.32. The first-order valence-corrected chi connectivity index (χ1v) is 8.02. The maximum absolute atomic E-state index is 12.2. The standard InChI is InChI=1S/C14H19N3O3S/c1-20-13(18)11-9-4-5-15-8-10(9)21-12(11)16-14(19)17-6-2-3-7-17/h15H,2-8H2,1H3,(H,16,19). The van der Waals surface area contributed by atoms with E-state index in [0.29, 0.717) is 10.6 Å². The molecule has 2 N–H and O–H groups in total. The maximum Gasteiger partial charge on any atom is 0.341 e. The van der Waals surface area contributed by atoms with Crippen molar-refractivity contribution < 1.29 is 14.3 Å². The van der Waals surface area contributed by atoms with Crippen LogP contribution < -0.4 is 10.6 Å². The summed E-state index contributed by atoms with van der Waals surface area (Å²) in [6.45, 7) is 3.15. The van der Waals surface area contributed by atoms with Gasteiger partial charge in [0, 0.05) is 24.5 Å². The fraction of sp³-hybridized carbons (Fsp3) is 0.571. The van der Waals surface area contributed by atoms with Gasteiger partial charge in [-0.3, -0.25) is 5.32 Å². The molecule has 0 aromatic carbocycles. The molecule has 3 heterocycles. The molecule has 3 rings (SSSR count). The van der Waals surface area contributed by atoms with Crippen molar-refractivity contribution in [3.05, 3.63) is 16.0 Å². The molecule has 1 fully saturated rings. The van der Waals surface area contributed by atoms with Crippen LogP contribution in [0.15, 0.2) is 0 Å². The number of hydrogen-bond donors (Lipinski definition) is 2. The van der Waals surface area contributed by atoms with Crippen LogP contribution in [0.2, 0.25) is 0 Å². The van der Waals surface area contributed by atoms with Crippen molar-refractivity contribution in [2.75, 3.05) is 32.1 Å². The fourth-order valence-corrected chi connectivity index (χ4v) is 4.03. The van der Waals surface area contributed by atoms with Gasteiger partial charge < -0.3 is 15.0 Å². The molecular weight excluding hydrogens is 290 g/mol. The first-order valence-electron chi connectivity index (χ1n) is 7.20. The molecule has 0 saturated carbocycles. The van der Waals surface area contributed by atoms with Gasteiger partial charge in [-0.2, -0.15) is 0 Å². The van der Waals surface area contributed by atoms with Crippen molar-refractivity contribution in [1.82, 2.24) is 10.2 Å². The lowest BCUT2D eigenvalue weighted by Gasteiger charge is -2.16. The normalized spacial score (nSPS) is 17.5. The zero-order chi connectivity index (χ0) is 14.8. The van der Waals surface area contributed by atoms with Gasteiger partial charge in [0.15, 0.2) is 0 Å². The predicted molar refractivity (Wildman–Crippen MR) is 80.9 cm³/mol. The number of hydrogen-bond acceptors (Lipinski definition) is 5. The first-order chi connectivity index (χ1) is 10.2. The monoisotopic (exact) mass is 309 g/mol. The van der Waals surface area contributed by atoms with Gasteiger partial charge in [0.25, 0.3) is 0 Å². The van der Waals surface area contributed by atoms with Crippen LogP contribution in [0, 0.1) is 0 Å². The Balaban J connectivity index is 1.88. The second-order valence-electron chi connectivity index (χ2n) is 5.25. The van der Waals surface area contributed by atoms with Crippen LogP contribution in [0.4, 0.5) is 9.80 Å². The average molecular weight is 309 g/mol. The molecule has 0 aliphatic carbocycles. The summed E-state index contributed by atoms with van der Waals surface area (Å²) < 4.78 is 4.89. The van der Waals surface area contributed by atoms with Crippen molar-refractivity contribution in [1.29, 1.82) is 0 Å². The molecule has 2 aliphatic rings. The third-order valence-electron chi connectivity index (χ3n) is 3.93. The zero-order valence-electron chi connectivity index (χ0n) is 12.0. The molecule has 2 amide bonds. The van der Waals surface area contributed by atoms with Gasteiger partial charge in [0.2, 0.25) is 0 Å². The van der Waals surface area contributed by atoms with E-state index in [-0.39, 0.29) is 12.0 Å².